The lowest BCUT2D eigenvalue weighted by molar-refractivity contribution is 0.687. The molecule has 0 aromatic carbocycles. The second kappa shape index (κ2) is 7.31. The fourth-order valence-corrected chi connectivity index (χ4v) is 3.75. The lowest BCUT2D eigenvalue weighted by Gasteiger charge is -2.04. The van der Waals surface area contributed by atoms with E-state index in [4.69, 9.17) is 0 Å². The number of rotatable bonds is 6. The highest BCUT2D eigenvalue weighted by atomic mass is 32.2. The maximum atomic E-state index is 12.2. The molecule has 3 aromatic rings. The highest BCUT2D eigenvalue weighted by Crippen LogP contribution is 2.27. The van der Waals surface area contributed by atoms with Crippen molar-refractivity contribution in [2.24, 2.45) is 5.92 Å². The monoisotopic (exact) mass is 361 g/mol. The molecule has 126 valence electrons. The molecule has 0 aliphatic heterocycles. The number of anilines is 1. The van der Waals surface area contributed by atoms with Crippen LogP contribution < -0.4 is 10.9 Å². The van der Waals surface area contributed by atoms with Crippen LogP contribution in [0.15, 0.2) is 33.5 Å². The second-order valence-electron chi connectivity index (χ2n) is 5.96. The first kappa shape index (κ1) is 16.9. The summed E-state index contributed by atoms with van der Waals surface area (Å²) in [5, 5.41) is 12.4. The van der Waals surface area contributed by atoms with Gasteiger partial charge in [-0.3, -0.25) is 9.20 Å². The Balaban J connectivity index is 1.69. The van der Waals surface area contributed by atoms with Crippen LogP contribution in [0.4, 0.5) is 5.13 Å². The molecule has 0 atom stereocenters. The Morgan fingerprint density at radius 2 is 2.17 bits per heavy atom. The summed E-state index contributed by atoms with van der Waals surface area (Å²) in [7, 11) is 0. The van der Waals surface area contributed by atoms with Gasteiger partial charge >= 0.3 is 0 Å². The van der Waals surface area contributed by atoms with Gasteiger partial charge in [-0.15, -0.1) is 10.2 Å². The quantitative estimate of drug-likeness (QED) is 0.680. The minimum absolute atomic E-state index is 0.0594. The maximum absolute atomic E-state index is 12.2. The van der Waals surface area contributed by atoms with E-state index in [1.54, 1.807) is 28.4 Å². The summed E-state index contributed by atoms with van der Waals surface area (Å²) in [4.78, 5) is 16.7. The molecule has 3 rings (SSSR count). The molecule has 3 aromatic heterocycles. The van der Waals surface area contributed by atoms with Gasteiger partial charge < -0.3 is 5.32 Å². The highest BCUT2D eigenvalue weighted by molar-refractivity contribution is 8.00. The summed E-state index contributed by atoms with van der Waals surface area (Å²) in [6.45, 7) is 7.13. The molecule has 0 unspecified atom stereocenters. The van der Waals surface area contributed by atoms with E-state index in [0.717, 1.165) is 27.3 Å². The van der Waals surface area contributed by atoms with Crippen LogP contribution in [0.3, 0.4) is 0 Å². The Bertz CT molecular complexity index is 903. The molecule has 0 aliphatic rings. The van der Waals surface area contributed by atoms with Crippen molar-refractivity contribution in [2.75, 3.05) is 11.9 Å². The number of hydrogen-bond acceptors (Lipinski definition) is 7. The molecule has 0 fully saturated rings. The van der Waals surface area contributed by atoms with E-state index in [1.807, 2.05) is 19.1 Å². The van der Waals surface area contributed by atoms with Gasteiger partial charge in [0, 0.05) is 24.6 Å². The van der Waals surface area contributed by atoms with Crippen molar-refractivity contribution in [3.63, 3.8) is 0 Å². The zero-order valence-electron chi connectivity index (χ0n) is 13.8. The van der Waals surface area contributed by atoms with Crippen molar-refractivity contribution in [2.45, 2.75) is 30.9 Å². The molecule has 0 aliphatic carbocycles. The van der Waals surface area contributed by atoms with Gasteiger partial charge in [-0.05, 0) is 24.5 Å². The van der Waals surface area contributed by atoms with E-state index in [1.165, 1.54) is 11.3 Å². The van der Waals surface area contributed by atoms with Gasteiger partial charge in [-0.1, -0.05) is 43.0 Å². The standard InChI is InChI=1S/C16H19N5OS2/c1-10(2)7-17-15-19-20-16(24-15)23-9-12-6-14(22)21-8-11(3)4-5-13(21)18-12/h4-6,8,10H,7,9H2,1-3H3,(H,17,19). The molecule has 8 heteroatoms. The number of pyridine rings is 1. The Labute approximate surface area is 148 Å². The lowest BCUT2D eigenvalue weighted by atomic mass is 10.2. The molecular weight excluding hydrogens is 342 g/mol. The Morgan fingerprint density at radius 1 is 1.33 bits per heavy atom. The summed E-state index contributed by atoms with van der Waals surface area (Å²) in [6.07, 6.45) is 1.80. The molecule has 0 spiro atoms. The van der Waals surface area contributed by atoms with Crippen LogP contribution >= 0.6 is 23.1 Å². The molecular formula is C16H19N5OS2. The predicted molar refractivity (Wildman–Crippen MR) is 99.0 cm³/mol. The summed E-state index contributed by atoms with van der Waals surface area (Å²) < 4.78 is 2.44. The molecule has 0 bridgehead atoms. The SMILES string of the molecule is Cc1ccc2nc(CSc3nnc(NCC(C)C)s3)cc(=O)n2c1. The summed E-state index contributed by atoms with van der Waals surface area (Å²) in [5.41, 5.74) is 2.39. The first-order chi connectivity index (χ1) is 11.5. The average Bonchev–Trinajstić information content (AvgIpc) is 3.00. The maximum Gasteiger partial charge on any atom is 0.258 e. The third-order valence-electron chi connectivity index (χ3n) is 3.27. The van der Waals surface area contributed by atoms with Crippen LogP contribution in [0.2, 0.25) is 0 Å². The van der Waals surface area contributed by atoms with Crippen LogP contribution in [-0.4, -0.2) is 26.1 Å². The minimum atomic E-state index is -0.0594. The first-order valence-electron chi connectivity index (χ1n) is 7.70. The summed E-state index contributed by atoms with van der Waals surface area (Å²) >= 11 is 3.07. The number of hydrogen-bond donors (Lipinski definition) is 1. The molecule has 0 radical (unpaired) electrons. The van der Waals surface area contributed by atoms with Crippen LogP contribution in [0, 0.1) is 12.8 Å². The Morgan fingerprint density at radius 3 is 2.96 bits per heavy atom. The zero-order valence-corrected chi connectivity index (χ0v) is 15.4. The van der Waals surface area contributed by atoms with Crippen molar-refractivity contribution in [1.82, 2.24) is 19.6 Å². The first-order valence-corrected chi connectivity index (χ1v) is 9.50. The Kier molecular flexibility index (Phi) is 5.15. The van der Waals surface area contributed by atoms with E-state index >= 15 is 0 Å². The van der Waals surface area contributed by atoms with Crippen molar-refractivity contribution in [3.8, 4) is 0 Å². The molecule has 3 heterocycles. The van der Waals surface area contributed by atoms with Crippen molar-refractivity contribution < 1.29 is 0 Å². The van der Waals surface area contributed by atoms with Gasteiger partial charge in [0.25, 0.3) is 5.56 Å². The molecule has 0 saturated carbocycles. The van der Waals surface area contributed by atoms with E-state index in [-0.39, 0.29) is 5.56 Å². The van der Waals surface area contributed by atoms with Crippen LogP contribution in [0.1, 0.15) is 25.1 Å². The summed E-state index contributed by atoms with van der Waals surface area (Å²) in [5.74, 6) is 1.15. The zero-order chi connectivity index (χ0) is 17.1. The van der Waals surface area contributed by atoms with Crippen molar-refractivity contribution in [1.29, 1.82) is 0 Å². The fourth-order valence-electron chi connectivity index (χ4n) is 2.10. The number of nitrogens with one attached hydrogen (secondary N) is 1. The van der Waals surface area contributed by atoms with Gasteiger partial charge in [0.05, 0.1) is 5.69 Å². The molecule has 6 nitrogen and oxygen atoms in total. The number of nitrogens with zero attached hydrogens (tertiary/aromatic N) is 4. The smallest absolute Gasteiger partial charge is 0.258 e. The van der Waals surface area contributed by atoms with Gasteiger partial charge in [0.2, 0.25) is 5.13 Å². The van der Waals surface area contributed by atoms with Crippen LogP contribution in [-0.2, 0) is 5.75 Å². The van der Waals surface area contributed by atoms with Gasteiger partial charge in [-0.2, -0.15) is 0 Å². The molecule has 24 heavy (non-hydrogen) atoms. The van der Waals surface area contributed by atoms with Gasteiger partial charge in [0.15, 0.2) is 4.34 Å². The summed E-state index contributed by atoms with van der Waals surface area (Å²) in [6, 6.07) is 5.40. The molecule has 0 amide bonds. The van der Waals surface area contributed by atoms with Crippen LogP contribution in [0.25, 0.3) is 5.65 Å². The third-order valence-corrected chi connectivity index (χ3v) is 5.32. The Hall–Kier alpha value is -1.93. The topological polar surface area (TPSA) is 72.2 Å². The molecule has 0 saturated heterocycles. The van der Waals surface area contributed by atoms with E-state index in [0.29, 0.717) is 17.3 Å². The third kappa shape index (κ3) is 4.12. The predicted octanol–water partition coefficient (Wildman–Crippen LogP) is 3.21. The number of aryl methyl sites for hydroxylation is 1. The lowest BCUT2D eigenvalue weighted by Crippen LogP contribution is -2.15. The highest BCUT2D eigenvalue weighted by Gasteiger charge is 2.08. The fraction of sp³-hybridized carbons (Fsp3) is 0.375. The minimum Gasteiger partial charge on any atom is -0.360 e. The molecule has 1 N–H and O–H groups in total. The normalized spacial score (nSPS) is 11.3. The van der Waals surface area contributed by atoms with Crippen LogP contribution in [0.5, 0.6) is 0 Å². The van der Waals surface area contributed by atoms with Crippen molar-refractivity contribution >= 4 is 33.9 Å². The number of aromatic nitrogens is 4. The number of thioether (sulfide) groups is 1. The van der Waals surface area contributed by atoms with E-state index < -0.39 is 0 Å². The number of fused-ring (bicyclic) bond motifs is 1. The van der Waals surface area contributed by atoms with E-state index in [9.17, 15) is 4.79 Å². The average molecular weight is 361 g/mol. The largest absolute Gasteiger partial charge is 0.360 e. The van der Waals surface area contributed by atoms with Crippen molar-refractivity contribution in [3.05, 3.63) is 46.0 Å². The van der Waals surface area contributed by atoms with E-state index in [2.05, 4.69) is 34.3 Å². The van der Waals surface area contributed by atoms with Gasteiger partial charge in [-0.25, -0.2) is 4.98 Å². The second-order valence-corrected chi connectivity index (χ2v) is 8.16. The van der Waals surface area contributed by atoms with Gasteiger partial charge in [0.1, 0.15) is 5.65 Å².